The van der Waals surface area contributed by atoms with Crippen LogP contribution in [0.2, 0.25) is 0 Å². The highest BCUT2D eigenvalue weighted by Gasteiger charge is 2.23. The van der Waals surface area contributed by atoms with Crippen LogP contribution in [0, 0.1) is 17.6 Å². The van der Waals surface area contributed by atoms with Gasteiger partial charge < -0.3 is 16.4 Å². The zero-order chi connectivity index (χ0) is 23.1. The SMILES string of the molecule is CN=C(NCc1cccc(CN2CCCC(C(N)=O)C2)c1)NC(C)c1ccc(F)cc1F.I. The van der Waals surface area contributed by atoms with Gasteiger partial charge in [-0.05, 0) is 43.5 Å². The fraction of sp³-hybridized carbons (Fsp3) is 0.417. The van der Waals surface area contributed by atoms with Crippen molar-refractivity contribution in [1.82, 2.24) is 15.5 Å². The van der Waals surface area contributed by atoms with Gasteiger partial charge in [-0.2, -0.15) is 0 Å². The second-order valence-electron chi connectivity index (χ2n) is 8.25. The Hall–Kier alpha value is -2.27. The van der Waals surface area contributed by atoms with Crippen LogP contribution in [0.1, 0.15) is 42.5 Å². The normalized spacial score (nSPS) is 17.7. The van der Waals surface area contributed by atoms with E-state index in [1.807, 2.05) is 12.1 Å². The molecule has 2 unspecified atom stereocenters. The summed E-state index contributed by atoms with van der Waals surface area (Å²) < 4.78 is 27.2. The minimum atomic E-state index is -0.601. The molecule has 33 heavy (non-hydrogen) atoms. The topological polar surface area (TPSA) is 82.8 Å². The second kappa shape index (κ2) is 12.8. The summed E-state index contributed by atoms with van der Waals surface area (Å²) in [5.74, 6) is -0.968. The van der Waals surface area contributed by atoms with Gasteiger partial charge in [0.2, 0.25) is 5.91 Å². The molecule has 0 radical (unpaired) electrons. The molecular weight excluding hydrogens is 539 g/mol. The first-order valence-corrected chi connectivity index (χ1v) is 10.9. The van der Waals surface area contributed by atoms with Crippen LogP contribution in [0.25, 0.3) is 0 Å². The van der Waals surface area contributed by atoms with Crippen LogP contribution in [0.5, 0.6) is 0 Å². The maximum atomic E-state index is 14.0. The highest BCUT2D eigenvalue weighted by molar-refractivity contribution is 14.0. The van der Waals surface area contributed by atoms with Crippen molar-refractivity contribution in [3.8, 4) is 0 Å². The number of carbonyl (C=O) groups excluding carboxylic acids is 1. The summed E-state index contributed by atoms with van der Waals surface area (Å²) in [5.41, 5.74) is 8.10. The number of guanidine groups is 1. The molecule has 0 saturated carbocycles. The number of primary amides is 1. The minimum Gasteiger partial charge on any atom is -0.369 e. The van der Waals surface area contributed by atoms with Gasteiger partial charge in [-0.3, -0.25) is 14.7 Å². The van der Waals surface area contributed by atoms with Gasteiger partial charge in [0, 0.05) is 38.3 Å². The summed E-state index contributed by atoms with van der Waals surface area (Å²) in [7, 11) is 1.64. The Bertz CT molecular complexity index is 972. The van der Waals surface area contributed by atoms with Crippen LogP contribution in [-0.4, -0.2) is 36.9 Å². The lowest BCUT2D eigenvalue weighted by molar-refractivity contribution is -0.123. The van der Waals surface area contributed by atoms with Crippen molar-refractivity contribution in [3.63, 3.8) is 0 Å². The van der Waals surface area contributed by atoms with E-state index in [4.69, 9.17) is 5.73 Å². The Balaban J connectivity index is 0.00000385. The lowest BCUT2D eigenvalue weighted by atomic mass is 9.97. The molecule has 1 aliphatic rings. The maximum Gasteiger partial charge on any atom is 0.221 e. The van der Waals surface area contributed by atoms with Crippen molar-refractivity contribution in [3.05, 3.63) is 70.8 Å². The van der Waals surface area contributed by atoms with Crippen LogP contribution in [0.3, 0.4) is 0 Å². The van der Waals surface area contributed by atoms with E-state index < -0.39 is 11.6 Å². The van der Waals surface area contributed by atoms with Crippen molar-refractivity contribution in [2.45, 2.75) is 38.9 Å². The average molecular weight is 571 g/mol. The van der Waals surface area contributed by atoms with Gasteiger partial charge in [0.15, 0.2) is 5.96 Å². The van der Waals surface area contributed by atoms with Gasteiger partial charge in [0.1, 0.15) is 11.6 Å². The van der Waals surface area contributed by atoms with Gasteiger partial charge in [-0.1, -0.05) is 30.3 Å². The fourth-order valence-corrected chi connectivity index (χ4v) is 4.04. The third kappa shape index (κ3) is 7.92. The third-order valence-electron chi connectivity index (χ3n) is 5.77. The molecule has 1 saturated heterocycles. The molecule has 0 bridgehead atoms. The molecule has 1 amide bonds. The van der Waals surface area contributed by atoms with Crippen molar-refractivity contribution in [2.75, 3.05) is 20.1 Å². The van der Waals surface area contributed by atoms with E-state index in [0.29, 0.717) is 24.6 Å². The molecule has 2 aromatic carbocycles. The van der Waals surface area contributed by atoms with Crippen LogP contribution in [0.4, 0.5) is 8.78 Å². The summed E-state index contributed by atoms with van der Waals surface area (Å²) in [5, 5.41) is 6.37. The van der Waals surface area contributed by atoms with E-state index in [9.17, 15) is 13.6 Å². The number of amides is 1. The number of halogens is 3. The monoisotopic (exact) mass is 571 g/mol. The van der Waals surface area contributed by atoms with E-state index in [1.54, 1.807) is 14.0 Å². The molecule has 2 atom stereocenters. The summed E-state index contributed by atoms with van der Waals surface area (Å²) in [6.07, 6.45) is 1.84. The number of piperidine rings is 1. The van der Waals surface area contributed by atoms with Crippen LogP contribution < -0.4 is 16.4 Å². The van der Waals surface area contributed by atoms with Gasteiger partial charge in [0.25, 0.3) is 0 Å². The van der Waals surface area contributed by atoms with Crippen LogP contribution in [0.15, 0.2) is 47.5 Å². The molecular formula is C24H32F2IN5O. The van der Waals surface area contributed by atoms with Crippen LogP contribution >= 0.6 is 24.0 Å². The number of rotatable bonds is 7. The van der Waals surface area contributed by atoms with E-state index in [0.717, 1.165) is 37.6 Å². The van der Waals surface area contributed by atoms with Gasteiger partial charge in [0.05, 0.1) is 12.0 Å². The molecule has 1 aliphatic heterocycles. The zero-order valence-electron chi connectivity index (χ0n) is 19.0. The lowest BCUT2D eigenvalue weighted by Crippen LogP contribution is -2.40. The third-order valence-corrected chi connectivity index (χ3v) is 5.77. The van der Waals surface area contributed by atoms with Crippen LogP contribution in [-0.2, 0) is 17.9 Å². The number of aliphatic imine (C=N–C) groups is 1. The summed E-state index contributed by atoms with van der Waals surface area (Å²) in [4.78, 5) is 18.0. The Morgan fingerprint density at radius 1 is 1.24 bits per heavy atom. The van der Waals surface area contributed by atoms with E-state index in [1.165, 1.54) is 17.7 Å². The van der Waals surface area contributed by atoms with E-state index in [-0.39, 0.29) is 41.8 Å². The van der Waals surface area contributed by atoms with Crippen molar-refractivity contribution < 1.29 is 13.6 Å². The first-order valence-electron chi connectivity index (χ1n) is 10.9. The largest absolute Gasteiger partial charge is 0.369 e. The first kappa shape index (κ1) is 27.0. The molecule has 2 aromatic rings. The van der Waals surface area contributed by atoms with Crippen molar-refractivity contribution in [2.24, 2.45) is 16.6 Å². The predicted octanol–water partition coefficient (Wildman–Crippen LogP) is 3.71. The van der Waals surface area contributed by atoms with E-state index >= 15 is 0 Å². The smallest absolute Gasteiger partial charge is 0.221 e. The molecule has 6 nitrogen and oxygen atoms in total. The summed E-state index contributed by atoms with van der Waals surface area (Å²) >= 11 is 0. The van der Waals surface area contributed by atoms with Gasteiger partial charge in [-0.15, -0.1) is 24.0 Å². The predicted molar refractivity (Wildman–Crippen MR) is 137 cm³/mol. The second-order valence-corrected chi connectivity index (χ2v) is 8.25. The van der Waals surface area contributed by atoms with Crippen molar-refractivity contribution in [1.29, 1.82) is 0 Å². The Morgan fingerprint density at radius 3 is 2.70 bits per heavy atom. The number of hydrogen-bond acceptors (Lipinski definition) is 3. The molecule has 0 aliphatic carbocycles. The molecule has 0 aromatic heterocycles. The fourth-order valence-electron chi connectivity index (χ4n) is 4.04. The quantitative estimate of drug-likeness (QED) is 0.269. The van der Waals surface area contributed by atoms with Gasteiger partial charge in [-0.25, -0.2) is 8.78 Å². The Morgan fingerprint density at radius 2 is 2.00 bits per heavy atom. The maximum absolute atomic E-state index is 14.0. The highest BCUT2D eigenvalue weighted by atomic mass is 127. The molecule has 9 heteroatoms. The molecule has 1 heterocycles. The minimum absolute atomic E-state index is 0. The first-order chi connectivity index (χ1) is 15.4. The molecule has 4 N–H and O–H groups in total. The van der Waals surface area contributed by atoms with Gasteiger partial charge >= 0.3 is 0 Å². The summed E-state index contributed by atoms with van der Waals surface area (Å²) in [6, 6.07) is 11.4. The number of benzene rings is 2. The average Bonchev–Trinajstić information content (AvgIpc) is 2.77. The van der Waals surface area contributed by atoms with Crippen molar-refractivity contribution >= 4 is 35.8 Å². The molecule has 1 fully saturated rings. The number of hydrogen-bond donors (Lipinski definition) is 3. The number of nitrogens with zero attached hydrogens (tertiary/aromatic N) is 2. The number of nitrogens with one attached hydrogen (secondary N) is 2. The number of carbonyl (C=O) groups is 1. The van der Waals surface area contributed by atoms with E-state index in [2.05, 4.69) is 32.7 Å². The summed E-state index contributed by atoms with van der Waals surface area (Å²) in [6.45, 7) is 4.76. The molecule has 3 rings (SSSR count). The molecule has 0 spiro atoms. The zero-order valence-corrected chi connectivity index (χ0v) is 21.3. The lowest BCUT2D eigenvalue weighted by Gasteiger charge is -2.31. The molecule has 180 valence electrons. The highest BCUT2D eigenvalue weighted by Crippen LogP contribution is 2.19. The Kier molecular flexibility index (Phi) is 10.5. The number of likely N-dealkylation sites (tertiary alicyclic amines) is 1. The Labute approximate surface area is 211 Å². The standard InChI is InChI=1S/C24H31F2N5O.HI/c1-16(21-9-8-20(25)12-22(21)26)30-24(28-2)29-13-17-5-3-6-18(11-17)14-31-10-4-7-19(15-31)23(27)32;/h3,5-6,8-9,11-12,16,19H,4,7,10,13-15H2,1-2H3,(H2,27,32)(H2,28,29,30);1H. The number of nitrogens with two attached hydrogens (primary N) is 1.